The molecule has 0 fully saturated rings. The van der Waals surface area contributed by atoms with Crippen molar-refractivity contribution in [2.45, 2.75) is 111 Å². The maximum Gasteiger partial charge on any atom is 0.192 e. The molecule has 0 saturated carbocycles. The molecule has 0 aliphatic heterocycles. The van der Waals surface area contributed by atoms with Crippen molar-refractivity contribution in [1.29, 1.82) is 0 Å². The molecule has 0 unspecified atom stereocenters. The Morgan fingerprint density at radius 1 is 0.962 bits per heavy atom. The Hall–Kier alpha value is -0.0862. The lowest BCUT2D eigenvalue weighted by Crippen LogP contribution is -2.42. The van der Waals surface area contributed by atoms with Crippen LogP contribution in [0.2, 0.25) is 36.3 Å². The fourth-order valence-electron chi connectivity index (χ4n) is 2.92. The summed E-state index contributed by atoms with van der Waals surface area (Å²) < 4.78 is 13.1. The zero-order valence-electron chi connectivity index (χ0n) is 19.3. The van der Waals surface area contributed by atoms with Crippen molar-refractivity contribution < 1.29 is 8.85 Å². The molecule has 3 atom stereocenters. The summed E-state index contributed by atoms with van der Waals surface area (Å²) in [4.78, 5) is 0. The van der Waals surface area contributed by atoms with E-state index >= 15 is 0 Å². The first-order valence-electron chi connectivity index (χ1n) is 10.6. The van der Waals surface area contributed by atoms with E-state index in [-0.39, 0.29) is 17.1 Å². The van der Waals surface area contributed by atoms with Gasteiger partial charge in [-0.15, -0.1) is 0 Å². The third-order valence-electron chi connectivity index (χ3n) is 6.60. The standard InChI is InChI=1S/C22H45O2Si2/c1-12-20(6)21(24-26(13-2,14-3)15-4)17-16-19(5)18-23-25(10,11)22(7,8)9/h19-21H,13-18H2,2-11H3/t19-,20+,21-/m0/s1. The summed E-state index contributed by atoms with van der Waals surface area (Å²) in [6, 6.07) is 3.47. The lowest BCUT2D eigenvalue weighted by atomic mass is 9.97. The van der Waals surface area contributed by atoms with Gasteiger partial charge in [0.1, 0.15) is 0 Å². The van der Waals surface area contributed by atoms with Crippen LogP contribution in [0.25, 0.3) is 0 Å². The molecule has 0 aliphatic carbocycles. The first kappa shape index (κ1) is 25.9. The highest BCUT2D eigenvalue weighted by Gasteiger charge is 2.37. The van der Waals surface area contributed by atoms with Crippen LogP contribution in [0, 0.1) is 24.2 Å². The second-order valence-electron chi connectivity index (χ2n) is 9.59. The van der Waals surface area contributed by atoms with Gasteiger partial charge in [0.15, 0.2) is 16.6 Å². The Bertz CT molecular complexity index is 422. The molecule has 0 amide bonds. The summed E-state index contributed by atoms with van der Waals surface area (Å²) in [6.07, 6.45) is 9.83. The Morgan fingerprint density at radius 3 is 1.85 bits per heavy atom. The number of hydrogen-bond acceptors (Lipinski definition) is 2. The Balaban J connectivity index is 4.79. The fourth-order valence-corrected chi connectivity index (χ4v) is 7.02. The van der Waals surface area contributed by atoms with Crippen LogP contribution in [-0.2, 0) is 8.85 Å². The van der Waals surface area contributed by atoms with Crippen LogP contribution in [0.5, 0.6) is 0 Å². The maximum atomic E-state index is 7.60. The first-order chi connectivity index (χ1) is 11.9. The predicted octanol–water partition coefficient (Wildman–Crippen LogP) is 7.04. The van der Waals surface area contributed by atoms with Crippen LogP contribution in [-0.4, -0.2) is 29.3 Å². The first-order valence-corrected chi connectivity index (χ1v) is 16.1. The van der Waals surface area contributed by atoms with Gasteiger partial charge in [-0.2, -0.15) is 0 Å². The summed E-state index contributed by atoms with van der Waals surface area (Å²) in [5.74, 6) is 3.27. The summed E-state index contributed by atoms with van der Waals surface area (Å²) in [5.41, 5.74) is 0. The van der Waals surface area contributed by atoms with Gasteiger partial charge >= 0.3 is 0 Å². The van der Waals surface area contributed by atoms with Crippen LogP contribution in [0.1, 0.15) is 68.2 Å². The van der Waals surface area contributed by atoms with Crippen LogP contribution in [0.4, 0.5) is 0 Å². The highest BCUT2D eigenvalue weighted by Crippen LogP contribution is 2.37. The minimum atomic E-state index is -1.67. The Labute approximate surface area is 167 Å². The van der Waals surface area contributed by atoms with E-state index in [1.165, 1.54) is 0 Å². The zero-order chi connectivity index (χ0) is 20.6. The van der Waals surface area contributed by atoms with Crippen LogP contribution >= 0.6 is 0 Å². The maximum absolute atomic E-state index is 7.60. The van der Waals surface area contributed by atoms with Crippen molar-refractivity contribution in [2.75, 3.05) is 6.61 Å². The largest absolute Gasteiger partial charge is 0.417 e. The van der Waals surface area contributed by atoms with Crippen LogP contribution in [0.3, 0.4) is 0 Å². The lowest BCUT2D eigenvalue weighted by Gasteiger charge is -2.37. The molecule has 0 saturated heterocycles. The minimum absolute atomic E-state index is 0.0695. The second kappa shape index (κ2) is 11.0. The summed E-state index contributed by atoms with van der Waals surface area (Å²) >= 11 is 0. The topological polar surface area (TPSA) is 18.5 Å². The molecule has 4 heteroatoms. The molecule has 0 N–H and O–H groups in total. The molecular weight excluding hydrogens is 352 g/mol. The quantitative estimate of drug-likeness (QED) is 0.260. The highest BCUT2D eigenvalue weighted by molar-refractivity contribution is 6.74. The van der Waals surface area contributed by atoms with E-state index in [1.54, 1.807) is 0 Å². The third-order valence-corrected chi connectivity index (χ3v) is 15.8. The SMILES string of the molecule is [C]#C[C@@H](C)[C@H](CC[C@H](C)CO[Si](C)(C)C(C)(C)C)O[Si](CC)(CC)CC. The monoisotopic (exact) mass is 397 g/mol. The smallest absolute Gasteiger partial charge is 0.192 e. The van der Waals surface area contributed by atoms with Gasteiger partial charge in [-0.3, -0.25) is 0 Å². The van der Waals surface area contributed by atoms with E-state index < -0.39 is 16.6 Å². The Morgan fingerprint density at radius 2 is 1.46 bits per heavy atom. The zero-order valence-corrected chi connectivity index (χ0v) is 21.3. The molecule has 0 aromatic carbocycles. The Kier molecular flexibility index (Phi) is 11.0. The second-order valence-corrected chi connectivity index (χ2v) is 19.1. The van der Waals surface area contributed by atoms with Gasteiger partial charge in [0, 0.05) is 12.5 Å². The summed E-state index contributed by atoms with van der Waals surface area (Å²) in [7, 11) is -3.33. The van der Waals surface area contributed by atoms with Crippen molar-refractivity contribution in [2.24, 2.45) is 11.8 Å². The molecule has 0 aliphatic rings. The van der Waals surface area contributed by atoms with Crippen molar-refractivity contribution >= 4 is 16.6 Å². The molecule has 1 radical (unpaired) electrons. The molecule has 0 bridgehead atoms. The van der Waals surface area contributed by atoms with E-state index in [0.717, 1.165) is 37.6 Å². The van der Waals surface area contributed by atoms with E-state index in [9.17, 15) is 0 Å². The molecule has 0 heterocycles. The van der Waals surface area contributed by atoms with E-state index in [1.807, 2.05) is 0 Å². The van der Waals surface area contributed by atoms with Crippen molar-refractivity contribution in [3.05, 3.63) is 6.42 Å². The molecule has 0 spiro atoms. The van der Waals surface area contributed by atoms with Gasteiger partial charge in [-0.25, -0.2) is 0 Å². The molecular formula is C22H45O2Si2. The van der Waals surface area contributed by atoms with Gasteiger partial charge < -0.3 is 8.85 Å². The fraction of sp³-hybridized carbons (Fsp3) is 0.909. The molecule has 2 nitrogen and oxygen atoms in total. The average Bonchev–Trinajstić information content (AvgIpc) is 2.59. The third kappa shape index (κ3) is 7.88. The predicted molar refractivity (Wildman–Crippen MR) is 120 cm³/mol. The van der Waals surface area contributed by atoms with Crippen molar-refractivity contribution in [3.8, 4) is 5.92 Å². The lowest BCUT2D eigenvalue weighted by molar-refractivity contribution is 0.129. The molecule has 0 aromatic rings. The van der Waals surface area contributed by atoms with E-state index in [0.29, 0.717) is 5.92 Å². The molecule has 0 rings (SSSR count). The van der Waals surface area contributed by atoms with Crippen molar-refractivity contribution in [3.63, 3.8) is 0 Å². The number of hydrogen-bond donors (Lipinski definition) is 0. The number of rotatable bonds is 12. The van der Waals surface area contributed by atoms with Gasteiger partial charge in [0.2, 0.25) is 0 Å². The van der Waals surface area contributed by atoms with Crippen LogP contribution in [0.15, 0.2) is 0 Å². The normalized spacial score (nSPS) is 16.8. The minimum Gasteiger partial charge on any atom is -0.417 e. The van der Waals surface area contributed by atoms with Crippen molar-refractivity contribution in [1.82, 2.24) is 0 Å². The average molecular weight is 398 g/mol. The molecule has 0 aromatic heterocycles. The molecule has 153 valence electrons. The van der Waals surface area contributed by atoms with E-state index in [4.69, 9.17) is 15.3 Å². The van der Waals surface area contributed by atoms with E-state index in [2.05, 4.69) is 74.4 Å². The van der Waals surface area contributed by atoms with Gasteiger partial charge in [-0.05, 0) is 68.4 Å². The summed E-state index contributed by atoms with van der Waals surface area (Å²) in [5, 5.41) is 0.261. The van der Waals surface area contributed by atoms with Gasteiger partial charge in [0.05, 0.1) is 6.10 Å². The van der Waals surface area contributed by atoms with Crippen LogP contribution < -0.4 is 0 Å². The van der Waals surface area contributed by atoms with Gasteiger partial charge in [0.25, 0.3) is 0 Å². The molecule has 26 heavy (non-hydrogen) atoms. The highest BCUT2D eigenvalue weighted by atomic mass is 28.4. The summed E-state index contributed by atoms with van der Waals surface area (Å²) in [6.45, 7) is 23.5. The van der Waals surface area contributed by atoms with Gasteiger partial charge in [-0.1, -0.05) is 54.4 Å².